The topological polar surface area (TPSA) is 58.2 Å². The van der Waals surface area contributed by atoms with Crippen molar-refractivity contribution in [2.75, 3.05) is 0 Å². The van der Waals surface area contributed by atoms with Crippen molar-refractivity contribution in [2.24, 2.45) is 0 Å². The van der Waals surface area contributed by atoms with Crippen LogP contribution in [0.15, 0.2) is 30.3 Å². The van der Waals surface area contributed by atoms with Gasteiger partial charge >= 0.3 is 0 Å². The maximum Gasteiger partial charge on any atom is 0.281 e. The van der Waals surface area contributed by atoms with Crippen LogP contribution in [0, 0.1) is 12.7 Å². The van der Waals surface area contributed by atoms with Gasteiger partial charge in [0.15, 0.2) is 0 Å². The molecule has 3 aromatic rings. The van der Waals surface area contributed by atoms with Gasteiger partial charge in [-0.05, 0) is 37.3 Å². The Labute approximate surface area is 150 Å². The first-order valence-corrected chi connectivity index (χ1v) is 8.97. The Kier molecular flexibility index (Phi) is 4.84. The Morgan fingerprint density at radius 2 is 1.96 bits per heavy atom. The van der Waals surface area contributed by atoms with Gasteiger partial charge in [0.25, 0.3) is 5.91 Å². The van der Waals surface area contributed by atoms with Gasteiger partial charge in [-0.3, -0.25) is 20.4 Å². The lowest BCUT2D eigenvalue weighted by Crippen LogP contribution is -2.42. The van der Waals surface area contributed by atoms with E-state index in [1.54, 1.807) is 0 Å². The summed E-state index contributed by atoms with van der Waals surface area (Å²) in [7, 11) is 0. The number of carbonyl (C=O) groups is 2. The summed E-state index contributed by atoms with van der Waals surface area (Å²) >= 11 is 8.77. The third kappa shape index (κ3) is 3.58. The fraction of sp³-hybridized carbons (Fsp3) is 0.125. The molecule has 0 saturated heterocycles. The highest BCUT2D eigenvalue weighted by Crippen LogP contribution is 2.35. The van der Waals surface area contributed by atoms with E-state index in [1.165, 1.54) is 29.5 Å². The van der Waals surface area contributed by atoms with Crippen molar-refractivity contribution in [2.45, 2.75) is 13.3 Å². The van der Waals surface area contributed by atoms with E-state index < -0.39 is 11.7 Å². The molecule has 0 unspecified atom stereocenters. The molecule has 4 nitrogen and oxygen atoms in total. The minimum Gasteiger partial charge on any atom is -0.273 e. The van der Waals surface area contributed by atoms with Gasteiger partial charge in [0.05, 0.1) is 11.4 Å². The Bertz CT molecular complexity index is 935. The van der Waals surface area contributed by atoms with Gasteiger partial charge < -0.3 is 0 Å². The van der Waals surface area contributed by atoms with Crippen LogP contribution in [-0.4, -0.2) is 11.8 Å². The molecule has 0 aliphatic heterocycles. The number of hydrogen-bond donors (Lipinski definition) is 2. The summed E-state index contributed by atoms with van der Waals surface area (Å²) in [6, 6.07) is 7.94. The summed E-state index contributed by atoms with van der Waals surface area (Å²) in [5.74, 6) is -1.25. The highest BCUT2D eigenvalue weighted by Gasteiger charge is 2.18. The molecule has 3 rings (SSSR count). The summed E-state index contributed by atoms with van der Waals surface area (Å²) in [5.41, 5.74) is 4.70. The first-order chi connectivity index (χ1) is 11.4. The second-order valence-corrected chi connectivity index (χ2v) is 7.88. The molecule has 0 aliphatic carbocycles. The summed E-state index contributed by atoms with van der Waals surface area (Å²) in [4.78, 5) is 26.3. The lowest BCUT2D eigenvalue weighted by molar-refractivity contribution is -0.121. The molecule has 8 heteroatoms. The molecular formula is C16H12ClFN2O2S2. The van der Waals surface area contributed by atoms with Gasteiger partial charge in [-0.1, -0.05) is 11.6 Å². The number of thiophene rings is 2. The van der Waals surface area contributed by atoms with Crippen LogP contribution in [0.2, 0.25) is 5.02 Å². The lowest BCUT2D eigenvalue weighted by Gasteiger charge is -2.05. The number of nitrogens with one attached hydrogen (secondary N) is 2. The standard InChI is InChI=1S/C16H12ClFN2O2S2/c1-8-2-4-10(23-8)7-13(21)19-20-16(22)15-14(17)11-5-3-9(18)6-12(11)24-15/h2-6H,7H2,1H3,(H,19,21)(H,20,22). The molecule has 2 aromatic heterocycles. The highest BCUT2D eigenvalue weighted by atomic mass is 35.5. The average molecular weight is 383 g/mol. The van der Waals surface area contributed by atoms with Crippen LogP contribution < -0.4 is 10.9 Å². The zero-order valence-corrected chi connectivity index (χ0v) is 14.9. The third-order valence-electron chi connectivity index (χ3n) is 3.24. The molecule has 0 radical (unpaired) electrons. The molecule has 0 atom stereocenters. The fourth-order valence-electron chi connectivity index (χ4n) is 2.15. The monoisotopic (exact) mass is 382 g/mol. The van der Waals surface area contributed by atoms with Gasteiger partial charge in [0.2, 0.25) is 5.91 Å². The Hall–Kier alpha value is -1.96. The molecule has 2 heterocycles. The Morgan fingerprint density at radius 3 is 2.67 bits per heavy atom. The van der Waals surface area contributed by atoms with Crippen molar-refractivity contribution in [3.05, 3.63) is 55.8 Å². The van der Waals surface area contributed by atoms with Gasteiger partial charge in [-0.15, -0.1) is 22.7 Å². The van der Waals surface area contributed by atoms with Crippen LogP contribution in [0.3, 0.4) is 0 Å². The molecule has 1 aromatic carbocycles. The van der Waals surface area contributed by atoms with Crippen molar-refractivity contribution in [3.8, 4) is 0 Å². The normalized spacial score (nSPS) is 10.8. The lowest BCUT2D eigenvalue weighted by atomic mass is 10.2. The predicted molar refractivity (Wildman–Crippen MR) is 95.2 cm³/mol. The van der Waals surface area contributed by atoms with E-state index in [1.807, 2.05) is 19.1 Å². The number of amides is 2. The third-order valence-corrected chi connectivity index (χ3v) is 5.90. The number of hydrogen-bond acceptors (Lipinski definition) is 4. The number of carbonyl (C=O) groups excluding carboxylic acids is 2. The molecule has 0 bridgehead atoms. The number of rotatable bonds is 3. The molecule has 2 N–H and O–H groups in total. The predicted octanol–water partition coefficient (Wildman–Crippen LogP) is 4.07. The van der Waals surface area contributed by atoms with E-state index >= 15 is 0 Å². The van der Waals surface area contributed by atoms with E-state index in [0.717, 1.165) is 21.1 Å². The second kappa shape index (κ2) is 6.88. The van der Waals surface area contributed by atoms with E-state index in [4.69, 9.17) is 11.6 Å². The fourth-order valence-corrected chi connectivity index (χ4v) is 4.48. The number of aryl methyl sites for hydroxylation is 1. The van der Waals surface area contributed by atoms with Crippen LogP contribution in [0.25, 0.3) is 10.1 Å². The van der Waals surface area contributed by atoms with Crippen LogP contribution in [0.5, 0.6) is 0 Å². The van der Waals surface area contributed by atoms with E-state index in [9.17, 15) is 14.0 Å². The van der Waals surface area contributed by atoms with Crippen molar-refractivity contribution in [3.63, 3.8) is 0 Å². The molecule has 0 saturated carbocycles. The summed E-state index contributed by atoms with van der Waals surface area (Å²) in [5, 5.41) is 0.851. The van der Waals surface area contributed by atoms with Crippen molar-refractivity contribution in [1.29, 1.82) is 0 Å². The van der Waals surface area contributed by atoms with E-state index in [0.29, 0.717) is 10.1 Å². The first kappa shape index (κ1) is 16.9. The van der Waals surface area contributed by atoms with Crippen LogP contribution in [0.4, 0.5) is 4.39 Å². The largest absolute Gasteiger partial charge is 0.281 e. The summed E-state index contributed by atoms with van der Waals surface area (Å²) in [6.45, 7) is 1.96. The van der Waals surface area contributed by atoms with Gasteiger partial charge in [-0.25, -0.2) is 4.39 Å². The van der Waals surface area contributed by atoms with Gasteiger partial charge in [0, 0.05) is 19.8 Å². The molecular weight excluding hydrogens is 371 g/mol. The first-order valence-electron chi connectivity index (χ1n) is 6.96. The minimum absolute atomic E-state index is 0.185. The molecule has 124 valence electrons. The van der Waals surface area contributed by atoms with Crippen molar-refractivity contribution in [1.82, 2.24) is 10.9 Å². The maximum atomic E-state index is 13.2. The van der Waals surface area contributed by atoms with Crippen LogP contribution >= 0.6 is 34.3 Å². The summed E-state index contributed by atoms with van der Waals surface area (Å²) < 4.78 is 13.8. The molecule has 24 heavy (non-hydrogen) atoms. The van der Waals surface area contributed by atoms with Gasteiger partial charge in [0.1, 0.15) is 10.7 Å². The van der Waals surface area contributed by atoms with Crippen LogP contribution in [0.1, 0.15) is 19.4 Å². The number of hydrazine groups is 1. The smallest absolute Gasteiger partial charge is 0.273 e. The maximum absolute atomic E-state index is 13.2. The number of fused-ring (bicyclic) bond motifs is 1. The minimum atomic E-state index is -0.530. The molecule has 0 spiro atoms. The molecule has 0 aliphatic rings. The van der Waals surface area contributed by atoms with Crippen molar-refractivity contribution < 1.29 is 14.0 Å². The second-order valence-electron chi connectivity index (χ2n) is 5.08. The van der Waals surface area contributed by atoms with Crippen LogP contribution in [-0.2, 0) is 11.2 Å². The number of halogens is 2. The highest BCUT2D eigenvalue weighted by molar-refractivity contribution is 7.21. The Morgan fingerprint density at radius 1 is 1.17 bits per heavy atom. The quantitative estimate of drug-likeness (QED) is 0.671. The SMILES string of the molecule is Cc1ccc(CC(=O)NNC(=O)c2sc3cc(F)ccc3c2Cl)s1. The number of benzene rings is 1. The van der Waals surface area contributed by atoms with E-state index in [-0.39, 0.29) is 22.2 Å². The van der Waals surface area contributed by atoms with E-state index in [2.05, 4.69) is 10.9 Å². The molecule has 2 amide bonds. The summed E-state index contributed by atoms with van der Waals surface area (Å²) in [6.07, 6.45) is 0.185. The Balaban J connectivity index is 1.66. The van der Waals surface area contributed by atoms with Crippen molar-refractivity contribution >= 4 is 56.2 Å². The zero-order chi connectivity index (χ0) is 17.3. The average Bonchev–Trinajstić information content (AvgIpc) is 3.08. The van der Waals surface area contributed by atoms with Gasteiger partial charge in [-0.2, -0.15) is 0 Å². The molecule has 0 fully saturated rings. The zero-order valence-electron chi connectivity index (χ0n) is 12.5.